The highest BCUT2D eigenvalue weighted by Gasteiger charge is 2.52. The van der Waals surface area contributed by atoms with Crippen LogP contribution in [0.4, 0.5) is 13.2 Å². The van der Waals surface area contributed by atoms with Gasteiger partial charge in [-0.3, -0.25) is 52.7 Å². The summed E-state index contributed by atoms with van der Waals surface area (Å²) < 4.78 is 41.6. The minimum Gasteiger partial charge on any atom is -0.351 e. The number of nitrogens with one attached hydrogen (secondary N) is 4. The summed E-state index contributed by atoms with van der Waals surface area (Å²) in [5, 5.41) is 10.5. The molecule has 6 rings (SSSR count). The number of amides is 11. The molecule has 3 saturated heterocycles. The van der Waals surface area contributed by atoms with Crippen molar-refractivity contribution in [2.45, 2.75) is 248 Å². The van der Waals surface area contributed by atoms with E-state index in [1.54, 1.807) is 20.8 Å². The largest absolute Gasteiger partial charge is 0.393 e. The number of hydrogen-bond acceptors (Lipinski definition) is 11. The van der Waals surface area contributed by atoms with Crippen LogP contribution in [-0.4, -0.2) is 225 Å². The van der Waals surface area contributed by atoms with Crippen LogP contribution in [0.15, 0.2) is 0 Å². The number of carbonyl (C=O) groups is 11. The summed E-state index contributed by atoms with van der Waals surface area (Å²) in [5.41, 5.74) is -1.46. The molecule has 3 aliphatic heterocycles. The van der Waals surface area contributed by atoms with E-state index in [0.29, 0.717) is 38.5 Å². The fourth-order valence-electron chi connectivity index (χ4n) is 13.9. The third-order valence-electron chi connectivity index (χ3n) is 20.4. The van der Waals surface area contributed by atoms with Crippen LogP contribution in [0.2, 0.25) is 0 Å². The zero-order valence-electron chi connectivity index (χ0n) is 53.1. The first kappa shape index (κ1) is 70.3. The van der Waals surface area contributed by atoms with Crippen molar-refractivity contribution in [1.82, 2.24) is 55.6 Å². The highest BCUT2D eigenvalue weighted by atomic mass is 35.5. The molecule has 0 aromatic heterocycles. The van der Waals surface area contributed by atoms with Gasteiger partial charge in [0.2, 0.25) is 65.0 Å². The van der Waals surface area contributed by atoms with E-state index in [4.69, 9.17) is 11.6 Å². The van der Waals surface area contributed by atoms with Gasteiger partial charge >= 0.3 is 6.18 Å². The topological polar surface area (TPSA) is 259 Å². The number of likely N-dealkylation sites (N-methyl/N-ethyl adjacent to an activating group) is 5. The Morgan fingerprint density at radius 1 is 0.586 bits per heavy atom. The van der Waals surface area contributed by atoms with Gasteiger partial charge in [0.05, 0.1) is 5.92 Å². The summed E-state index contributed by atoms with van der Waals surface area (Å²) in [6.07, 6.45) is 1.33. The number of rotatable bonds is 7. The molecule has 1 spiro atoms. The number of alkyl halides is 4. The summed E-state index contributed by atoms with van der Waals surface area (Å²) in [6, 6.07) is -10.9. The second kappa shape index (κ2) is 29.7. The first-order chi connectivity index (χ1) is 40.8. The molecule has 14 atom stereocenters. The quantitative estimate of drug-likeness (QED) is 0.264. The zero-order valence-corrected chi connectivity index (χ0v) is 53.9. The average molecular weight is 1250 g/mol. The highest BCUT2D eigenvalue weighted by Crippen LogP contribution is 2.44. The fourth-order valence-corrected chi connectivity index (χ4v) is 14.4. The molecule has 6 fully saturated rings. The minimum atomic E-state index is -4.49. The highest BCUT2D eigenvalue weighted by molar-refractivity contribution is 6.20. The van der Waals surface area contributed by atoms with Crippen molar-refractivity contribution in [2.24, 2.45) is 23.7 Å². The van der Waals surface area contributed by atoms with E-state index >= 15 is 9.59 Å². The summed E-state index contributed by atoms with van der Waals surface area (Å²) in [4.78, 5) is 168. The number of hydrogen-bond donors (Lipinski definition) is 4. The summed E-state index contributed by atoms with van der Waals surface area (Å²) >= 11 is 6.35. The third kappa shape index (κ3) is 15.8. The monoisotopic (exact) mass is 1250 g/mol. The normalized spacial score (nSPS) is 33.3. The van der Waals surface area contributed by atoms with Crippen LogP contribution in [0.25, 0.3) is 0 Å². The minimum absolute atomic E-state index is 0.0132. The first-order valence-electron chi connectivity index (χ1n) is 31.7. The van der Waals surface area contributed by atoms with E-state index in [-0.39, 0.29) is 95.6 Å². The predicted octanol–water partition coefficient (Wildman–Crippen LogP) is 4.09. The van der Waals surface area contributed by atoms with Gasteiger partial charge in [0.25, 0.3) is 0 Å². The van der Waals surface area contributed by atoms with Crippen molar-refractivity contribution in [1.29, 1.82) is 0 Å². The Kier molecular flexibility index (Phi) is 24.0. The van der Waals surface area contributed by atoms with E-state index in [0.717, 1.165) is 17.7 Å². The van der Waals surface area contributed by atoms with Crippen molar-refractivity contribution in [3.63, 3.8) is 0 Å². The predicted molar refractivity (Wildman–Crippen MR) is 318 cm³/mol. The molecular weight excluding hydrogens is 1160 g/mol. The van der Waals surface area contributed by atoms with Crippen molar-refractivity contribution in [2.75, 3.05) is 48.3 Å². The van der Waals surface area contributed by atoms with E-state index < -0.39 is 154 Å². The zero-order chi connectivity index (χ0) is 64.7. The number of nitrogens with zero attached hydrogens (tertiary/aromatic N) is 7. The van der Waals surface area contributed by atoms with E-state index in [2.05, 4.69) is 21.3 Å². The Balaban J connectivity index is 1.33. The molecule has 0 bridgehead atoms. The Labute approximate surface area is 516 Å². The Morgan fingerprint density at radius 2 is 1.18 bits per heavy atom. The van der Waals surface area contributed by atoms with Crippen LogP contribution in [-0.2, 0) is 52.7 Å². The van der Waals surface area contributed by atoms with Crippen molar-refractivity contribution >= 4 is 76.6 Å². The first-order valence-corrected chi connectivity index (χ1v) is 32.1. The number of halogens is 4. The Bertz CT molecular complexity index is 2550. The van der Waals surface area contributed by atoms with E-state index in [1.165, 1.54) is 85.4 Å². The summed E-state index contributed by atoms with van der Waals surface area (Å²) in [5.74, 6) is -9.17. The standard InChI is InChI=1S/C61H97ClF3N11O11/c1-13-34(3)48-58(86)72(10)38(7)54(82)76-31-27-46(76)57(85)73(11)44(14-2)56(84)71(9)37(6)50(78)67-43(26-24-39-23-25-41(42(62)33-39)61(63,64)65)55(83)75-30-19-22-45(75)52(80)69-60(28-17-18-29-60)59(87)74(12)49(40-20-15-16-21-40)53(81)66-35(4)32-47(77)70(8)36(5)51(79)68-48/h34-46,48-49H,13-33H2,1-12H3,(H,66,81)(H,67,78)(H,68,79)(H,69,80)/t34-,35+,36-,37+,38-,39?,41?,42?,43-,44-,45-,46-,48-,49?/m0/s1. The lowest BCUT2D eigenvalue weighted by atomic mass is 9.78. The molecule has 4 N–H and O–H groups in total. The van der Waals surface area contributed by atoms with Crippen molar-refractivity contribution in [3.05, 3.63) is 0 Å². The molecule has 3 saturated carbocycles. The molecule has 22 nitrogen and oxygen atoms in total. The SMILES string of the molecule is CC[C@H](C)[C@@H]1NC(=O)[C@H](C)N(C)C(=O)C[C@@H](C)NC(=O)C(C2CCCC2)N(C)C(=O)C2(CCCC2)NC(=O)[C@@H]2CCCN2C(=O)[C@H](CCC2CCC(C(F)(F)F)C(Cl)C2)NC(=O)[C@@H](C)N(C)C(=O)[C@H](CC)N(C)C(=O)[C@@H]2CCN2C(=O)[C@H](C)N(C)C1=O. The van der Waals surface area contributed by atoms with Gasteiger partial charge in [-0.1, -0.05) is 52.9 Å². The molecule has 0 aromatic carbocycles. The van der Waals surface area contributed by atoms with Crippen LogP contribution in [0.5, 0.6) is 0 Å². The third-order valence-corrected chi connectivity index (χ3v) is 20.9. The lowest BCUT2D eigenvalue weighted by Gasteiger charge is -2.45. The van der Waals surface area contributed by atoms with Crippen molar-refractivity contribution in [3.8, 4) is 0 Å². The molecule has 0 radical (unpaired) electrons. The van der Waals surface area contributed by atoms with Crippen molar-refractivity contribution < 1.29 is 65.9 Å². The van der Waals surface area contributed by atoms with Gasteiger partial charge in [0.1, 0.15) is 59.9 Å². The van der Waals surface area contributed by atoms with Crippen LogP contribution in [0, 0.1) is 23.7 Å². The maximum atomic E-state index is 15.1. The molecule has 11 amide bonds. The lowest BCUT2D eigenvalue weighted by molar-refractivity contribution is -0.182. The van der Waals surface area contributed by atoms with E-state index in [9.17, 15) is 56.3 Å². The Morgan fingerprint density at radius 3 is 1.76 bits per heavy atom. The number of fused-ring (bicyclic) bond motifs is 2. The molecule has 3 aliphatic carbocycles. The maximum Gasteiger partial charge on any atom is 0.393 e. The van der Waals surface area contributed by atoms with Gasteiger partial charge in [-0.2, -0.15) is 13.2 Å². The van der Waals surface area contributed by atoms with E-state index in [1.807, 2.05) is 6.92 Å². The van der Waals surface area contributed by atoms with Gasteiger partial charge in [-0.15, -0.1) is 11.6 Å². The van der Waals surface area contributed by atoms with Gasteiger partial charge in [-0.05, 0) is 129 Å². The summed E-state index contributed by atoms with van der Waals surface area (Å²) in [6.45, 7) is 11.7. The Hall–Kier alpha value is -5.75. The lowest BCUT2D eigenvalue weighted by Crippen LogP contribution is -2.65. The van der Waals surface area contributed by atoms with Crippen LogP contribution >= 0.6 is 11.6 Å². The molecule has 0 aromatic rings. The second-order valence-corrected chi connectivity index (χ2v) is 26.5. The van der Waals surface area contributed by atoms with Crippen LogP contribution in [0.3, 0.4) is 0 Å². The molecule has 490 valence electrons. The maximum absolute atomic E-state index is 15.1. The van der Waals surface area contributed by atoms with Gasteiger partial charge in [0, 0.05) is 66.2 Å². The molecule has 6 aliphatic rings. The second-order valence-electron chi connectivity index (χ2n) is 26.0. The molecule has 3 heterocycles. The molecular formula is C61H97ClF3N11O11. The van der Waals surface area contributed by atoms with Gasteiger partial charge in [-0.25, -0.2) is 0 Å². The number of carbonyl (C=O) groups excluding carboxylic acids is 11. The van der Waals surface area contributed by atoms with Crippen LogP contribution in [0.1, 0.15) is 170 Å². The fraction of sp³-hybridized carbons (Fsp3) is 0.820. The summed E-state index contributed by atoms with van der Waals surface area (Å²) in [7, 11) is 7.21. The van der Waals surface area contributed by atoms with Gasteiger partial charge in [0.15, 0.2) is 0 Å². The van der Waals surface area contributed by atoms with Gasteiger partial charge < -0.3 is 55.6 Å². The average Bonchev–Trinajstić information content (AvgIpc) is 1.98. The molecule has 4 unspecified atom stereocenters. The molecule has 26 heteroatoms. The molecule has 87 heavy (non-hydrogen) atoms. The van der Waals surface area contributed by atoms with Crippen LogP contribution < -0.4 is 21.3 Å². The smallest absolute Gasteiger partial charge is 0.351 e.